The van der Waals surface area contributed by atoms with Crippen LogP contribution in [0.15, 0.2) is 48.9 Å². The van der Waals surface area contributed by atoms with Gasteiger partial charge in [0.15, 0.2) is 0 Å². The van der Waals surface area contributed by atoms with E-state index in [1.807, 2.05) is 6.07 Å². The van der Waals surface area contributed by atoms with Crippen molar-refractivity contribution in [2.75, 3.05) is 25.1 Å². The van der Waals surface area contributed by atoms with Gasteiger partial charge >= 0.3 is 6.18 Å². The molecule has 3 atom stereocenters. The van der Waals surface area contributed by atoms with Gasteiger partial charge in [0.25, 0.3) is 11.5 Å². The molecule has 2 aromatic heterocycles. The van der Waals surface area contributed by atoms with E-state index in [1.54, 1.807) is 12.3 Å². The van der Waals surface area contributed by atoms with Gasteiger partial charge in [0, 0.05) is 32.0 Å². The normalized spacial score (nSPS) is 22.9. The van der Waals surface area contributed by atoms with E-state index in [4.69, 9.17) is 4.74 Å². The fraction of sp³-hybridized carbons (Fsp3) is 0.435. The van der Waals surface area contributed by atoms with Gasteiger partial charge in [0.2, 0.25) is 0 Å². The average molecular weight is 459 g/mol. The molecule has 3 aromatic rings. The Morgan fingerprint density at radius 3 is 2.61 bits per heavy atom. The minimum Gasteiger partial charge on any atom is -0.356 e. The van der Waals surface area contributed by atoms with Crippen LogP contribution in [0, 0.1) is 0 Å². The number of amides is 1. The number of ether oxygens (including phenoxy) is 1. The van der Waals surface area contributed by atoms with Crippen molar-refractivity contribution in [1.82, 2.24) is 19.9 Å². The molecule has 0 radical (unpaired) electrons. The van der Waals surface area contributed by atoms with Crippen LogP contribution in [0.2, 0.25) is 0 Å². The smallest absolute Gasteiger partial charge is 0.356 e. The lowest BCUT2D eigenvalue weighted by atomic mass is 9.88. The number of aromatic nitrogens is 3. The number of carbonyl (C=O) groups excluding carboxylic acids is 1. The summed E-state index contributed by atoms with van der Waals surface area (Å²) in [5.41, 5.74) is -2.56. The molecule has 0 saturated carbocycles. The molecular weight excluding hydrogens is 435 g/mol. The molecule has 0 spiro atoms. The number of hydrogen-bond acceptors (Lipinski definition) is 5. The summed E-state index contributed by atoms with van der Waals surface area (Å²) in [4.78, 5) is 28.9. The van der Waals surface area contributed by atoms with Gasteiger partial charge in [-0.3, -0.25) is 4.79 Å². The molecule has 0 aliphatic carbocycles. The predicted octanol–water partition coefficient (Wildman–Crippen LogP) is 3.63. The first-order valence-electron chi connectivity index (χ1n) is 10.9. The number of anilines is 1. The van der Waals surface area contributed by atoms with Crippen LogP contribution in [-0.2, 0) is 15.1 Å². The number of benzene rings is 1. The number of piperidine rings is 1. The van der Waals surface area contributed by atoms with Crippen molar-refractivity contribution in [1.29, 1.82) is 0 Å². The maximum absolute atomic E-state index is 14.5. The Morgan fingerprint density at radius 1 is 1.09 bits per heavy atom. The Bertz CT molecular complexity index is 1150. The zero-order valence-corrected chi connectivity index (χ0v) is 18.0. The molecule has 33 heavy (non-hydrogen) atoms. The van der Waals surface area contributed by atoms with Gasteiger partial charge in [-0.05, 0) is 25.3 Å². The van der Waals surface area contributed by atoms with E-state index in [2.05, 4.69) is 19.9 Å². The van der Waals surface area contributed by atoms with E-state index in [0.717, 1.165) is 24.7 Å². The van der Waals surface area contributed by atoms with Crippen LogP contribution in [-0.4, -0.2) is 64.2 Å². The fourth-order valence-corrected chi connectivity index (χ4v) is 5.39. The summed E-state index contributed by atoms with van der Waals surface area (Å²) < 4.78 is 48.5. The maximum Gasteiger partial charge on any atom is 0.430 e. The predicted molar refractivity (Wildman–Crippen MR) is 116 cm³/mol. The number of rotatable bonds is 4. The van der Waals surface area contributed by atoms with Crippen LogP contribution in [0.4, 0.5) is 19.0 Å². The Balaban J connectivity index is 1.51. The third kappa shape index (κ3) is 3.26. The molecule has 174 valence electrons. The zero-order chi connectivity index (χ0) is 23.2. The molecule has 1 aromatic carbocycles. The minimum atomic E-state index is -4.92. The number of methoxy groups -OCH3 is 1. The Kier molecular flexibility index (Phi) is 5.27. The highest BCUT2D eigenvalue weighted by Crippen LogP contribution is 2.45. The number of alkyl halides is 3. The number of carbonyl (C=O) groups is 1. The van der Waals surface area contributed by atoms with Crippen LogP contribution in [0.3, 0.4) is 0 Å². The van der Waals surface area contributed by atoms with E-state index in [0.29, 0.717) is 25.0 Å². The largest absolute Gasteiger partial charge is 0.430 e. The molecule has 4 heterocycles. The van der Waals surface area contributed by atoms with Gasteiger partial charge in [0.1, 0.15) is 17.8 Å². The Labute approximate surface area is 188 Å². The molecule has 2 aliphatic heterocycles. The van der Waals surface area contributed by atoms with E-state index in [9.17, 15) is 18.0 Å². The first kappa shape index (κ1) is 21.7. The Hall–Kier alpha value is -3.14. The van der Waals surface area contributed by atoms with Gasteiger partial charge < -0.3 is 19.5 Å². The van der Waals surface area contributed by atoms with Crippen molar-refractivity contribution in [3.63, 3.8) is 0 Å². The number of aromatic amines is 1. The monoisotopic (exact) mass is 459 g/mol. The molecule has 7 nitrogen and oxygen atoms in total. The fourth-order valence-electron chi connectivity index (χ4n) is 5.39. The minimum absolute atomic E-state index is 0.130. The van der Waals surface area contributed by atoms with E-state index in [-0.39, 0.29) is 24.2 Å². The second kappa shape index (κ2) is 8.02. The standard InChI is InChI=1S/C23H24F3N5O2/c1-33-22(23(24,25)26,15-6-3-2-4-7-15)21(32)31-12-5-8-17-18(31)10-13-30(17)20-16-9-11-27-19(16)28-14-29-20/h2-4,6-7,9,11,14,17-18H,5,8,10,12-13H2,1H3,(H,27,28,29)/t17-,18-,22-/m1/s1. The highest BCUT2D eigenvalue weighted by Gasteiger charge is 2.65. The summed E-state index contributed by atoms with van der Waals surface area (Å²) in [7, 11) is 0.949. The summed E-state index contributed by atoms with van der Waals surface area (Å²) in [6.07, 6.45) is 0.249. The number of likely N-dealkylation sites (tertiary alicyclic amines) is 1. The van der Waals surface area contributed by atoms with Crippen LogP contribution in [0.25, 0.3) is 11.0 Å². The number of nitrogens with zero attached hydrogens (tertiary/aromatic N) is 4. The topological polar surface area (TPSA) is 74.3 Å². The van der Waals surface area contributed by atoms with Crippen molar-refractivity contribution in [3.8, 4) is 0 Å². The molecule has 2 fully saturated rings. The SMILES string of the molecule is CO[C@@](C(=O)N1CCC[C@@H]2[C@H]1CCN2c1ncnc2[nH]ccc12)(c1ccccc1)C(F)(F)F. The molecule has 2 aliphatic rings. The molecule has 1 N–H and O–H groups in total. The summed E-state index contributed by atoms with van der Waals surface area (Å²) in [6, 6.07) is 8.55. The van der Waals surface area contributed by atoms with Gasteiger partial charge in [0.05, 0.1) is 17.5 Å². The summed E-state index contributed by atoms with van der Waals surface area (Å²) in [5.74, 6) is -0.324. The molecule has 1 amide bonds. The van der Waals surface area contributed by atoms with Crippen molar-refractivity contribution in [2.24, 2.45) is 0 Å². The quantitative estimate of drug-likeness (QED) is 0.645. The lowest BCUT2D eigenvalue weighted by molar-refractivity contribution is -0.271. The first-order chi connectivity index (χ1) is 15.9. The third-order valence-corrected chi connectivity index (χ3v) is 6.86. The maximum atomic E-state index is 14.5. The summed E-state index contributed by atoms with van der Waals surface area (Å²) in [5, 5.41) is 0.854. The van der Waals surface area contributed by atoms with Crippen LogP contribution >= 0.6 is 0 Å². The molecule has 0 bridgehead atoms. The van der Waals surface area contributed by atoms with Crippen molar-refractivity contribution in [2.45, 2.75) is 43.1 Å². The van der Waals surface area contributed by atoms with E-state index < -0.39 is 17.7 Å². The number of fused-ring (bicyclic) bond motifs is 2. The van der Waals surface area contributed by atoms with Crippen molar-refractivity contribution in [3.05, 3.63) is 54.5 Å². The van der Waals surface area contributed by atoms with Gasteiger partial charge in [-0.1, -0.05) is 30.3 Å². The molecule has 2 saturated heterocycles. The molecule has 10 heteroatoms. The molecular formula is C23H24F3N5O2. The second-order valence-corrected chi connectivity index (χ2v) is 8.44. The molecule has 5 rings (SSSR count). The first-order valence-corrected chi connectivity index (χ1v) is 10.9. The highest BCUT2D eigenvalue weighted by molar-refractivity contribution is 5.89. The highest BCUT2D eigenvalue weighted by atomic mass is 19.4. The van der Waals surface area contributed by atoms with Gasteiger partial charge in [-0.2, -0.15) is 13.2 Å². The van der Waals surface area contributed by atoms with Gasteiger partial charge in [-0.15, -0.1) is 0 Å². The molecule has 0 unspecified atom stereocenters. The average Bonchev–Trinajstić information content (AvgIpc) is 3.46. The van der Waals surface area contributed by atoms with Crippen molar-refractivity contribution < 1.29 is 22.7 Å². The Morgan fingerprint density at radius 2 is 1.88 bits per heavy atom. The van der Waals surface area contributed by atoms with E-state index >= 15 is 0 Å². The number of nitrogens with one attached hydrogen (secondary N) is 1. The number of halogens is 3. The van der Waals surface area contributed by atoms with Crippen LogP contribution in [0.1, 0.15) is 24.8 Å². The summed E-state index contributed by atoms with van der Waals surface area (Å²) >= 11 is 0. The lowest BCUT2D eigenvalue weighted by Gasteiger charge is -2.44. The third-order valence-electron chi connectivity index (χ3n) is 6.86. The number of hydrogen-bond donors (Lipinski definition) is 1. The lowest BCUT2D eigenvalue weighted by Crippen LogP contribution is -2.62. The number of H-pyrrole nitrogens is 1. The second-order valence-electron chi connectivity index (χ2n) is 8.44. The van der Waals surface area contributed by atoms with Crippen LogP contribution < -0.4 is 4.90 Å². The van der Waals surface area contributed by atoms with Crippen molar-refractivity contribution >= 4 is 22.8 Å². The van der Waals surface area contributed by atoms with Crippen LogP contribution in [0.5, 0.6) is 0 Å². The van der Waals surface area contributed by atoms with E-state index in [1.165, 1.54) is 35.5 Å². The van der Waals surface area contributed by atoms with Gasteiger partial charge in [-0.25, -0.2) is 9.97 Å². The summed E-state index contributed by atoms with van der Waals surface area (Å²) in [6.45, 7) is 0.846. The zero-order valence-electron chi connectivity index (χ0n) is 18.0.